The van der Waals surface area contributed by atoms with Gasteiger partial charge in [-0.05, 0) is 34.1 Å². The molecule has 1 aromatic rings. The third kappa shape index (κ3) is 4.02. The Hall–Kier alpha value is -1.45. The van der Waals surface area contributed by atoms with E-state index in [0.717, 1.165) is 4.31 Å². The number of carbonyl (C=O) groups is 2. The minimum Gasteiger partial charge on any atom is -0.478 e. The summed E-state index contributed by atoms with van der Waals surface area (Å²) in [6, 6.07) is 3.60. The second-order valence-electron chi connectivity index (χ2n) is 4.50. The number of likely N-dealkylation sites (N-methyl/N-ethyl adjacent to an activating group) is 2. The zero-order chi connectivity index (χ0) is 16.4. The molecule has 21 heavy (non-hydrogen) atoms. The van der Waals surface area contributed by atoms with Crippen molar-refractivity contribution in [3.05, 3.63) is 28.2 Å². The largest absolute Gasteiger partial charge is 0.478 e. The fourth-order valence-corrected chi connectivity index (χ4v) is 3.58. The molecule has 0 radical (unpaired) electrons. The van der Waals surface area contributed by atoms with E-state index in [0.29, 0.717) is 0 Å². The maximum atomic E-state index is 12.4. The minimum absolute atomic E-state index is 0.0344. The van der Waals surface area contributed by atoms with Crippen LogP contribution in [0.3, 0.4) is 0 Å². The Morgan fingerprint density at radius 1 is 1.24 bits per heavy atom. The molecule has 1 aromatic carbocycles. The van der Waals surface area contributed by atoms with Crippen molar-refractivity contribution in [1.82, 2.24) is 9.21 Å². The first-order chi connectivity index (χ1) is 9.57. The zero-order valence-electron chi connectivity index (χ0n) is 11.7. The van der Waals surface area contributed by atoms with Gasteiger partial charge in [-0.1, -0.05) is 0 Å². The lowest BCUT2D eigenvalue weighted by Gasteiger charge is -2.19. The smallest absolute Gasteiger partial charge is 0.335 e. The van der Waals surface area contributed by atoms with Crippen LogP contribution in [0, 0.1) is 0 Å². The quantitative estimate of drug-likeness (QED) is 0.819. The van der Waals surface area contributed by atoms with E-state index < -0.39 is 16.0 Å². The Morgan fingerprint density at radius 2 is 1.81 bits per heavy atom. The number of hydrogen-bond acceptors (Lipinski definition) is 4. The van der Waals surface area contributed by atoms with Gasteiger partial charge in [-0.25, -0.2) is 13.2 Å². The SMILES string of the molecule is CN(C)C(=O)CN(C)S(=O)(=O)c1ccc(C(=O)O)cc1Br. The number of rotatable bonds is 5. The average molecular weight is 379 g/mol. The molecule has 0 atom stereocenters. The van der Waals surface area contributed by atoms with Crippen LogP contribution in [-0.2, 0) is 14.8 Å². The number of amides is 1. The van der Waals surface area contributed by atoms with E-state index in [2.05, 4.69) is 15.9 Å². The molecular formula is C12H15BrN2O5S. The Kier molecular flexibility index (Phi) is 5.48. The average Bonchev–Trinajstić information content (AvgIpc) is 2.37. The van der Waals surface area contributed by atoms with Crippen molar-refractivity contribution in [3.8, 4) is 0 Å². The molecule has 1 N–H and O–H groups in total. The van der Waals surface area contributed by atoms with Crippen LogP contribution in [0.5, 0.6) is 0 Å². The van der Waals surface area contributed by atoms with Gasteiger partial charge in [-0.15, -0.1) is 0 Å². The highest BCUT2D eigenvalue weighted by molar-refractivity contribution is 9.10. The Labute approximate surface area is 131 Å². The normalized spacial score (nSPS) is 11.5. The van der Waals surface area contributed by atoms with Gasteiger partial charge >= 0.3 is 5.97 Å². The highest BCUT2D eigenvalue weighted by Crippen LogP contribution is 2.25. The molecule has 0 unspecified atom stereocenters. The van der Waals surface area contributed by atoms with Gasteiger partial charge in [0, 0.05) is 25.6 Å². The van der Waals surface area contributed by atoms with Gasteiger partial charge < -0.3 is 10.0 Å². The van der Waals surface area contributed by atoms with E-state index in [-0.39, 0.29) is 27.4 Å². The number of carboxylic acids is 1. The lowest BCUT2D eigenvalue weighted by Crippen LogP contribution is -2.37. The lowest BCUT2D eigenvalue weighted by molar-refractivity contribution is -0.128. The summed E-state index contributed by atoms with van der Waals surface area (Å²) in [7, 11) is 0.448. The monoisotopic (exact) mass is 378 g/mol. The minimum atomic E-state index is -3.89. The maximum Gasteiger partial charge on any atom is 0.335 e. The molecule has 0 spiro atoms. The molecule has 1 rings (SSSR count). The summed E-state index contributed by atoms with van der Waals surface area (Å²) in [4.78, 5) is 23.6. The van der Waals surface area contributed by atoms with Crippen molar-refractivity contribution in [1.29, 1.82) is 0 Å². The van der Waals surface area contributed by atoms with Gasteiger partial charge in [0.25, 0.3) is 0 Å². The molecule has 0 aliphatic rings. The summed E-state index contributed by atoms with van der Waals surface area (Å²) >= 11 is 3.05. The fourth-order valence-electron chi connectivity index (χ4n) is 1.43. The van der Waals surface area contributed by atoms with Gasteiger partial charge in [0.05, 0.1) is 17.0 Å². The van der Waals surface area contributed by atoms with Gasteiger partial charge in [0.1, 0.15) is 0 Å². The summed E-state index contributed by atoms with van der Waals surface area (Å²) in [5.74, 6) is -1.52. The van der Waals surface area contributed by atoms with Crippen molar-refractivity contribution >= 4 is 37.8 Å². The number of aromatic carboxylic acids is 1. The van der Waals surface area contributed by atoms with Crippen LogP contribution in [0.1, 0.15) is 10.4 Å². The molecule has 0 aliphatic carbocycles. The second kappa shape index (κ2) is 6.54. The third-order valence-corrected chi connectivity index (χ3v) is 5.50. The summed E-state index contributed by atoms with van der Waals surface area (Å²) < 4.78 is 25.8. The van der Waals surface area contributed by atoms with Crippen LogP contribution < -0.4 is 0 Å². The molecule has 0 saturated heterocycles. The standard InChI is InChI=1S/C12H15BrN2O5S/c1-14(2)11(16)7-15(3)21(19,20)10-5-4-8(12(17)18)6-9(10)13/h4-6H,7H2,1-3H3,(H,17,18). The van der Waals surface area contributed by atoms with Crippen LogP contribution in [0.2, 0.25) is 0 Å². The van der Waals surface area contributed by atoms with Crippen molar-refractivity contribution < 1.29 is 23.1 Å². The molecule has 0 fully saturated rings. The van der Waals surface area contributed by atoms with Crippen LogP contribution >= 0.6 is 15.9 Å². The molecule has 0 aliphatic heterocycles. The van der Waals surface area contributed by atoms with Crippen molar-refractivity contribution in [2.45, 2.75) is 4.90 Å². The van der Waals surface area contributed by atoms with E-state index in [1.54, 1.807) is 0 Å². The highest BCUT2D eigenvalue weighted by Gasteiger charge is 2.26. The number of hydrogen-bond donors (Lipinski definition) is 1. The number of benzene rings is 1. The molecule has 7 nitrogen and oxygen atoms in total. The van der Waals surface area contributed by atoms with E-state index in [9.17, 15) is 18.0 Å². The van der Waals surface area contributed by atoms with Crippen LogP contribution in [0.4, 0.5) is 0 Å². The van der Waals surface area contributed by atoms with E-state index in [4.69, 9.17) is 5.11 Å². The number of carbonyl (C=O) groups excluding carboxylic acids is 1. The molecule has 116 valence electrons. The number of sulfonamides is 1. The number of carboxylic acid groups (broad SMARTS) is 1. The molecule has 9 heteroatoms. The summed E-state index contributed by atoms with van der Waals surface area (Å²) in [5, 5.41) is 8.86. The van der Waals surface area contributed by atoms with Gasteiger partial charge in [0.2, 0.25) is 15.9 Å². The first-order valence-electron chi connectivity index (χ1n) is 5.76. The summed E-state index contributed by atoms with van der Waals surface area (Å²) in [5.41, 5.74) is -0.0344. The topological polar surface area (TPSA) is 95.0 Å². The van der Waals surface area contributed by atoms with Crippen molar-refractivity contribution in [3.63, 3.8) is 0 Å². The zero-order valence-corrected chi connectivity index (χ0v) is 14.1. The second-order valence-corrected chi connectivity index (χ2v) is 7.37. The Bertz CT molecular complexity index is 672. The van der Waals surface area contributed by atoms with Crippen LogP contribution in [0.15, 0.2) is 27.6 Å². The lowest BCUT2D eigenvalue weighted by atomic mass is 10.2. The predicted octanol–water partition coefficient (Wildman–Crippen LogP) is 0.856. The third-order valence-electron chi connectivity index (χ3n) is 2.72. The van der Waals surface area contributed by atoms with Gasteiger partial charge in [0.15, 0.2) is 0 Å². The van der Waals surface area contributed by atoms with Crippen molar-refractivity contribution in [2.75, 3.05) is 27.7 Å². The van der Waals surface area contributed by atoms with Gasteiger partial charge in [-0.2, -0.15) is 4.31 Å². The molecule has 0 aromatic heterocycles. The molecule has 0 bridgehead atoms. The van der Waals surface area contributed by atoms with E-state index >= 15 is 0 Å². The maximum absolute atomic E-state index is 12.4. The predicted molar refractivity (Wildman–Crippen MR) is 79.6 cm³/mol. The molecule has 1 amide bonds. The van der Waals surface area contributed by atoms with Crippen molar-refractivity contribution in [2.24, 2.45) is 0 Å². The number of nitrogens with zero attached hydrogens (tertiary/aromatic N) is 2. The van der Waals surface area contributed by atoms with E-state index in [1.165, 1.54) is 44.2 Å². The number of halogens is 1. The summed E-state index contributed by atoms with van der Waals surface area (Å²) in [6.07, 6.45) is 0. The highest BCUT2D eigenvalue weighted by atomic mass is 79.9. The van der Waals surface area contributed by atoms with Crippen LogP contribution in [0.25, 0.3) is 0 Å². The first-order valence-corrected chi connectivity index (χ1v) is 8.00. The molecule has 0 heterocycles. The van der Waals surface area contributed by atoms with E-state index in [1.807, 2.05) is 0 Å². The Balaban J connectivity index is 3.13. The molecular weight excluding hydrogens is 364 g/mol. The first kappa shape index (κ1) is 17.6. The van der Waals surface area contributed by atoms with Crippen LogP contribution in [-0.4, -0.2) is 62.3 Å². The molecule has 0 saturated carbocycles. The fraction of sp³-hybridized carbons (Fsp3) is 0.333. The summed E-state index contributed by atoms with van der Waals surface area (Å²) in [6.45, 7) is -0.303. The van der Waals surface area contributed by atoms with Gasteiger partial charge in [-0.3, -0.25) is 4.79 Å². The Morgan fingerprint density at radius 3 is 2.24 bits per heavy atom.